The third kappa shape index (κ3) is 5.05. The quantitative estimate of drug-likeness (QED) is 0.503. The Labute approximate surface area is 105 Å². The molecular weight excluding hydrogens is 212 g/mol. The minimum absolute atomic E-state index is 0.0893. The third-order valence-electron chi connectivity index (χ3n) is 3.47. The van der Waals surface area contributed by atoms with Gasteiger partial charge in [-0.2, -0.15) is 0 Å². The summed E-state index contributed by atoms with van der Waals surface area (Å²) in [6, 6.07) is 0. The molecule has 98 valence electrons. The SMILES string of the molecule is CCCCCCC(O)CC1(CO)C=CCC=C1. The largest absolute Gasteiger partial charge is 0.395 e. The predicted molar refractivity (Wildman–Crippen MR) is 71.8 cm³/mol. The highest BCUT2D eigenvalue weighted by molar-refractivity contribution is 5.18. The Morgan fingerprint density at radius 1 is 1.18 bits per heavy atom. The lowest BCUT2D eigenvalue weighted by Crippen LogP contribution is -2.27. The van der Waals surface area contributed by atoms with Gasteiger partial charge in [-0.05, 0) is 19.3 Å². The van der Waals surface area contributed by atoms with Crippen molar-refractivity contribution in [1.82, 2.24) is 0 Å². The molecule has 2 heteroatoms. The minimum atomic E-state index is -0.317. The van der Waals surface area contributed by atoms with E-state index in [0.29, 0.717) is 6.42 Å². The van der Waals surface area contributed by atoms with Crippen LogP contribution in [0.25, 0.3) is 0 Å². The second-order valence-electron chi connectivity index (χ2n) is 5.14. The molecule has 1 aliphatic rings. The molecule has 0 radical (unpaired) electrons. The summed E-state index contributed by atoms with van der Waals surface area (Å²) in [4.78, 5) is 0. The Morgan fingerprint density at radius 2 is 1.88 bits per heavy atom. The molecule has 0 aliphatic heterocycles. The highest BCUT2D eigenvalue weighted by Crippen LogP contribution is 2.31. The molecule has 0 aromatic heterocycles. The van der Waals surface area contributed by atoms with E-state index in [9.17, 15) is 10.2 Å². The van der Waals surface area contributed by atoms with Gasteiger partial charge in [0.2, 0.25) is 0 Å². The third-order valence-corrected chi connectivity index (χ3v) is 3.47. The maximum atomic E-state index is 10.0. The van der Waals surface area contributed by atoms with Gasteiger partial charge in [-0.15, -0.1) is 0 Å². The molecule has 1 rings (SSSR count). The van der Waals surface area contributed by atoms with Crippen molar-refractivity contribution < 1.29 is 10.2 Å². The van der Waals surface area contributed by atoms with E-state index >= 15 is 0 Å². The van der Waals surface area contributed by atoms with Gasteiger partial charge in [0.05, 0.1) is 12.7 Å². The second kappa shape index (κ2) is 7.67. The van der Waals surface area contributed by atoms with Gasteiger partial charge in [0.25, 0.3) is 0 Å². The van der Waals surface area contributed by atoms with Crippen molar-refractivity contribution in [3.05, 3.63) is 24.3 Å². The zero-order valence-corrected chi connectivity index (χ0v) is 10.9. The van der Waals surface area contributed by atoms with Crippen molar-refractivity contribution in [1.29, 1.82) is 0 Å². The van der Waals surface area contributed by atoms with E-state index in [2.05, 4.69) is 19.1 Å². The highest BCUT2D eigenvalue weighted by Gasteiger charge is 2.27. The summed E-state index contributed by atoms with van der Waals surface area (Å²) in [6.07, 6.45) is 15.1. The molecule has 2 nitrogen and oxygen atoms in total. The lowest BCUT2D eigenvalue weighted by Gasteiger charge is -2.29. The number of allylic oxidation sites excluding steroid dienone is 2. The van der Waals surface area contributed by atoms with E-state index in [1.165, 1.54) is 19.3 Å². The van der Waals surface area contributed by atoms with E-state index in [-0.39, 0.29) is 18.1 Å². The van der Waals surface area contributed by atoms with Gasteiger partial charge in [0.15, 0.2) is 0 Å². The van der Waals surface area contributed by atoms with Crippen molar-refractivity contribution in [3.8, 4) is 0 Å². The average molecular weight is 238 g/mol. The normalized spacial score (nSPS) is 19.5. The molecule has 0 fully saturated rings. The van der Waals surface area contributed by atoms with Gasteiger partial charge >= 0.3 is 0 Å². The van der Waals surface area contributed by atoms with Crippen LogP contribution in [-0.2, 0) is 0 Å². The summed E-state index contributed by atoms with van der Waals surface area (Å²) in [5.74, 6) is 0. The summed E-state index contributed by atoms with van der Waals surface area (Å²) >= 11 is 0. The number of aliphatic hydroxyl groups excluding tert-OH is 2. The monoisotopic (exact) mass is 238 g/mol. The summed E-state index contributed by atoms with van der Waals surface area (Å²) in [5.41, 5.74) is -0.317. The Balaban J connectivity index is 2.32. The number of unbranched alkanes of at least 4 members (excludes halogenated alkanes) is 3. The highest BCUT2D eigenvalue weighted by atomic mass is 16.3. The molecule has 17 heavy (non-hydrogen) atoms. The van der Waals surface area contributed by atoms with Crippen molar-refractivity contribution in [2.24, 2.45) is 5.41 Å². The van der Waals surface area contributed by atoms with Crippen LogP contribution in [0.4, 0.5) is 0 Å². The zero-order valence-electron chi connectivity index (χ0n) is 10.9. The molecule has 0 aromatic rings. The molecule has 0 amide bonds. The first-order valence-electron chi connectivity index (χ1n) is 6.87. The van der Waals surface area contributed by atoms with Crippen molar-refractivity contribution in [2.75, 3.05) is 6.61 Å². The maximum absolute atomic E-state index is 10.0. The van der Waals surface area contributed by atoms with E-state index in [1.807, 2.05) is 12.2 Å². The van der Waals surface area contributed by atoms with E-state index in [1.54, 1.807) is 0 Å². The second-order valence-corrected chi connectivity index (χ2v) is 5.14. The maximum Gasteiger partial charge on any atom is 0.0557 e. The Kier molecular flexibility index (Phi) is 6.53. The summed E-state index contributed by atoms with van der Waals surface area (Å²) in [7, 11) is 0. The average Bonchev–Trinajstić information content (AvgIpc) is 2.36. The number of hydrogen-bond acceptors (Lipinski definition) is 2. The van der Waals surface area contributed by atoms with Crippen LogP contribution in [0.3, 0.4) is 0 Å². The molecule has 0 bridgehead atoms. The Morgan fingerprint density at radius 3 is 2.47 bits per heavy atom. The van der Waals surface area contributed by atoms with Gasteiger partial charge in [-0.3, -0.25) is 0 Å². The predicted octanol–water partition coefficient (Wildman–Crippen LogP) is 3.20. The van der Waals surface area contributed by atoms with Gasteiger partial charge in [0.1, 0.15) is 0 Å². The fourth-order valence-electron chi connectivity index (χ4n) is 2.39. The van der Waals surface area contributed by atoms with Crippen LogP contribution >= 0.6 is 0 Å². The van der Waals surface area contributed by atoms with Gasteiger partial charge in [-0.1, -0.05) is 56.9 Å². The van der Waals surface area contributed by atoms with Crippen LogP contribution in [0.1, 0.15) is 51.9 Å². The summed E-state index contributed by atoms with van der Waals surface area (Å²) < 4.78 is 0. The molecule has 1 atom stereocenters. The molecule has 0 saturated heterocycles. The van der Waals surface area contributed by atoms with Gasteiger partial charge in [-0.25, -0.2) is 0 Å². The fraction of sp³-hybridized carbons (Fsp3) is 0.733. The van der Waals surface area contributed by atoms with Gasteiger partial charge in [0, 0.05) is 5.41 Å². The van der Waals surface area contributed by atoms with Crippen LogP contribution in [0.5, 0.6) is 0 Å². The number of rotatable bonds is 8. The topological polar surface area (TPSA) is 40.5 Å². The molecule has 0 saturated carbocycles. The number of hydrogen-bond donors (Lipinski definition) is 2. The van der Waals surface area contributed by atoms with Crippen LogP contribution in [0.15, 0.2) is 24.3 Å². The molecular formula is C15H26O2. The minimum Gasteiger partial charge on any atom is -0.395 e. The van der Waals surface area contributed by atoms with Crippen LogP contribution < -0.4 is 0 Å². The molecule has 0 spiro atoms. The molecule has 2 N–H and O–H groups in total. The zero-order chi connectivity index (χ0) is 12.6. The first-order valence-corrected chi connectivity index (χ1v) is 6.87. The smallest absolute Gasteiger partial charge is 0.0557 e. The van der Waals surface area contributed by atoms with Crippen LogP contribution in [-0.4, -0.2) is 22.9 Å². The lowest BCUT2D eigenvalue weighted by atomic mass is 9.79. The molecule has 0 heterocycles. The number of aliphatic hydroxyl groups is 2. The fourth-order valence-corrected chi connectivity index (χ4v) is 2.39. The van der Waals surface area contributed by atoms with Crippen LogP contribution in [0, 0.1) is 5.41 Å². The first kappa shape index (κ1) is 14.5. The van der Waals surface area contributed by atoms with E-state index in [0.717, 1.165) is 19.3 Å². The van der Waals surface area contributed by atoms with Crippen LogP contribution in [0.2, 0.25) is 0 Å². The molecule has 1 unspecified atom stereocenters. The summed E-state index contributed by atoms with van der Waals surface area (Å²) in [5, 5.41) is 19.5. The molecule has 1 aliphatic carbocycles. The van der Waals surface area contributed by atoms with E-state index in [4.69, 9.17) is 0 Å². The van der Waals surface area contributed by atoms with Gasteiger partial charge < -0.3 is 10.2 Å². The van der Waals surface area contributed by atoms with Crippen molar-refractivity contribution >= 4 is 0 Å². The molecule has 0 aromatic carbocycles. The van der Waals surface area contributed by atoms with E-state index < -0.39 is 0 Å². The Hall–Kier alpha value is -0.600. The first-order chi connectivity index (χ1) is 8.22. The summed E-state index contributed by atoms with van der Waals surface area (Å²) in [6.45, 7) is 2.28. The van der Waals surface area contributed by atoms with Crippen molar-refractivity contribution in [3.63, 3.8) is 0 Å². The standard InChI is InChI=1S/C15H26O2/c1-2-3-4-6-9-14(17)12-15(13-16)10-7-5-8-11-15/h7-8,10-11,14,16-17H,2-6,9,12-13H2,1H3. The lowest BCUT2D eigenvalue weighted by molar-refractivity contribution is 0.0935. The Bertz CT molecular complexity index is 244. The van der Waals surface area contributed by atoms with Crippen molar-refractivity contribution in [2.45, 2.75) is 58.0 Å².